The minimum Gasteiger partial charge on any atom is -0.480 e. The van der Waals surface area contributed by atoms with E-state index in [-0.39, 0.29) is 5.82 Å². The SMILES string of the molecule is O=C(N[C@@H](CCN(CCCCc1ccc2c(n1)NCCC2)C1CC1)C(=O)O)OC1CCc2cc(F)ccc21. The summed E-state index contributed by atoms with van der Waals surface area (Å²) in [6, 6.07) is 8.25. The van der Waals surface area contributed by atoms with Crippen molar-refractivity contribution < 1.29 is 23.8 Å². The zero-order chi connectivity index (χ0) is 26.5. The highest BCUT2D eigenvalue weighted by Gasteiger charge is 2.31. The molecule has 8 nitrogen and oxygen atoms in total. The van der Waals surface area contributed by atoms with E-state index in [1.165, 1.54) is 17.7 Å². The molecule has 1 fully saturated rings. The van der Waals surface area contributed by atoms with Gasteiger partial charge in [-0.25, -0.2) is 19.0 Å². The van der Waals surface area contributed by atoms with E-state index in [9.17, 15) is 19.1 Å². The van der Waals surface area contributed by atoms with Gasteiger partial charge in [-0.15, -0.1) is 0 Å². The molecule has 0 saturated heterocycles. The molecule has 1 amide bonds. The van der Waals surface area contributed by atoms with Gasteiger partial charge in [0.2, 0.25) is 0 Å². The summed E-state index contributed by atoms with van der Waals surface area (Å²) < 4.78 is 19.0. The van der Waals surface area contributed by atoms with Gasteiger partial charge in [-0.2, -0.15) is 0 Å². The van der Waals surface area contributed by atoms with E-state index >= 15 is 0 Å². The van der Waals surface area contributed by atoms with Crippen LogP contribution in [0.3, 0.4) is 0 Å². The summed E-state index contributed by atoms with van der Waals surface area (Å²) in [7, 11) is 0. The second-order valence-corrected chi connectivity index (χ2v) is 10.7. The van der Waals surface area contributed by atoms with Crippen molar-refractivity contribution in [2.75, 3.05) is 25.0 Å². The van der Waals surface area contributed by atoms with Crippen LogP contribution in [0.4, 0.5) is 15.0 Å². The Hall–Kier alpha value is -3.20. The third-order valence-electron chi connectivity index (χ3n) is 7.82. The topological polar surface area (TPSA) is 104 Å². The Bertz CT molecular complexity index is 1160. The third-order valence-corrected chi connectivity index (χ3v) is 7.82. The van der Waals surface area contributed by atoms with Crippen LogP contribution in [0.25, 0.3) is 0 Å². The van der Waals surface area contributed by atoms with Crippen molar-refractivity contribution in [1.29, 1.82) is 0 Å². The molecule has 5 rings (SSSR count). The number of carboxylic acids is 1. The van der Waals surface area contributed by atoms with Gasteiger partial charge in [-0.05, 0) is 106 Å². The van der Waals surface area contributed by atoms with Gasteiger partial charge >= 0.3 is 12.1 Å². The van der Waals surface area contributed by atoms with E-state index in [1.807, 2.05) is 0 Å². The number of amides is 1. The number of nitrogens with zero attached hydrogens (tertiary/aromatic N) is 2. The van der Waals surface area contributed by atoms with Crippen molar-refractivity contribution in [3.05, 3.63) is 58.5 Å². The fourth-order valence-corrected chi connectivity index (χ4v) is 5.57. The molecule has 9 heteroatoms. The van der Waals surface area contributed by atoms with Crippen molar-refractivity contribution in [3.63, 3.8) is 0 Å². The first kappa shape index (κ1) is 26.4. The van der Waals surface area contributed by atoms with Gasteiger partial charge in [-0.3, -0.25) is 0 Å². The number of rotatable bonds is 12. The average Bonchev–Trinajstić information content (AvgIpc) is 3.68. The van der Waals surface area contributed by atoms with Crippen molar-refractivity contribution in [3.8, 4) is 0 Å². The molecule has 2 atom stereocenters. The number of carbonyl (C=O) groups is 2. The quantitative estimate of drug-likeness (QED) is 0.348. The van der Waals surface area contributed by atoms with Gasteiger partial charge < -0.3 is 25.4 Å². The normalized spacial score (nSPS) is 18.8. The number of unbranched alkanes of at least 4 members (excludes halogenated alkanes) is 1. The number of aromatic nitrogens is 1. The fraction of sp³-hybridized carbons (Fsp3) is 0.552. The molecule has 1 unspecified atom stereocenters. The molecule has 1 aromatic heterocycles. The Balaban J connectivity index is 1.06. The van der Waals surface area contributed by atoms with Crippen molar-refractivity contribution in [1.82, 2.24) is 15.2 Å². The molecule has 0 spiro atoms. The first-order chi connectivity index (χ1) is 18.5. The van der Waals surface area contributed by atoms with E-state index in [1.54, 1.807) is 6.07 Å². The molecule has 1 aromatic carbocycles. The summed E-state index contributed by atoms with van der Waals surface area (Å²) in [6.45, 7) is 2.49. The van der Waals surface area contributed by atoms with E-state index < -0.39 is 24.2 Å². The highest BCUT2D eigenvalue weighted by Crippen LogP contribution is 2.34. The lowest BCUT2D eigenvalue weighted by molar-refractivity contribution is -0.139. The largest absolute Gasteiger partial charge is 0.480 e. The van der Waals surface area contributed by atoms with Crippen LogP contribution in [0, 0.1) is 5.82 Å². The Kier molecular flexibility index (Phi) is 8.42. The van der Waals surface area contributed by atoms with E-state index in [0.717, 1.165) is 80.7 Å². The third kappa shape index (κ3) is 6.81. The average molecular weight is 525 g/mol. The zero-order valence-electron chi connectivity index (χ0n) is 21.8. The highest BCUT2D eigenvalue weighted by atomic mass is 19.1. The number of anilines is 1. The minimum absolute atomic E-state index is 0.311. The molecule has 0 bridgehead atoms. The minimum atomic E-state index is -1.07. The van der Waals surface area contributed by atoms with Gasteiger partial charge in [0.1, 0.15) is 23.8 Å². The lowest BCUT2D eigenvalue weighted by Crippen LogP contribution is -2.44. The van der Waals surface area contributed by atoms with Gasteiger partial charge in [0.25, 0.3) is 0 Å². The van der Waals surface area contributed by atoms with Crippen LogP contribution in [-0.2, 0) is 28.8 Å². The number of hydrogen-bond donors (Lipinski definition) is 3. The summed E-state index contributed by atoms with van der Waals surface area (Å²) in [5.74, 6) is -0.351. The zero-order valence-corrected chi connectivity index (χ0v) is 21.8. The number of ether oxygens (including phenoxy) is 1. The van der Waals surface area contributed by atoms with Crippen LogP contribution >= 0.6 is 0 Å². The van der Waals surface area contributed by atoms with Gasteiger partial charge in [0.15, 0.2) is 0 Å². The maximum absolute atomic E-state index is 13.5. The van der Waals surface area contributed by atoms with Crippen LogP contribution < -0.4 is 10.6 Å². The highest BCUT2D eigenvalue weighted by molar-refractivity contribution is 5.80. The molecular formula is C29H37FN4O4. The van der Waals surface area contributed by atoms with Crippen LogP contribution in [0.1, 0.15) is 73.4 Å². The van der Waals surface area contributed by atoms with Crippen LogP contribution in [0.2, 0.25) is 0 Å². The molecule has 38 heavy (non-hydrogen) atoms. The number of benzene rings is 1. The molecule has 3 aliphatic rings. The Morgan fingerprint density at radius 1 is 1.13 bits per heavy atom. The monoisotopic (exact) mass is 524 g/mol. The number of fused-ring (bicyclic) bond motifs is 2. The van der Waals surface area contributed by atoms with Crippen LogP contribution in [-0.4, -0.2) is 58.8 Å². The van der Waals surface area contributed by atoms with Crippen molar-refractivity contribution in [2.24, 2.45) is 0 Å². The number of alkyl carbamates (subject to hydrolysis) is 1. The Morgan fingerprint density at radius 2 is 2.00 bits per heavy atom. The number of carboxylic acid groups (broad SMARTS) is 1. The van der Waals surface area contributed by atoms with Crippen molar-refractivity contribution in [2.45, 2.75) is 82.4 Å². The van der Waals surface area contributed by atoms with Gasteiger partial charge in [0, 0.05) is 24.8 Å². The van der Waals surface area contributed by atoms with Crippen LogP contribution in [0.15, 0.2) is 30.3 Å². The molecule has 204 valence electrons. The smallest absolute Gasteiger partial charge is 0.408 e. The molecule has 2 aromatic rings. The summed E-state index contributed by atoms with van der Waals surface area (Å²) in [5, 5.41) is 15.6. The first-order valence-electron chi connectivity index (χ1n) is 13.9. The fourth-order valence-electron chi connectivity index (χ4n) is 5.57. The predicted molar refractivity (Wildman–Crippen MR) is 142 cm³/mol. The first-order valence-corrected chi connectivity index (χ1v) is 13.9. The standard InChI is InChI=1S/C29H37FN4O4/c30-21-8-12-24-20(18-21)7-13-26(24)38-29(37)33-25(28(35)36)14-17-34(23-10-11-23)16-2-1-5-22-9-6-19-4-3-15-31-27(19)32-22/h6,8-9,12,18,23,25-26H,1-5,7,10-11,13-17H2,(H,31,32)(H,33,37)(H,35,36)/t25-,26?/m0/s1. The molecule has 0 radical (unpaired) electrons. The maximum atomic E-state index is 13.5. The summed E-state index contributed by atoms with van der Waals surface area (Å²) in [6.07, 6.45) is 7.74. The number of pyridine rings is 1. The molecule has 2 aliphatic carbocycles. The molecular weight excluding hydrogens is 487 g/mol. The molecule has 1 saturated carbocycles. The van der Waals surface area contributed by atoms with E-state index in [4.69, 9.17) is 9.72 Å². The number of halogens is 1. The second-order valence-electron chi connectivity index (χ2n) is 10.7. The lowest BCUT2D eigenvalue weighted by atomic mass is 10.1. The molecule has 2 heterocycles. The maximum Gasteiger partial charge on any atom is 0.408 e. The molecule has 1 aliphatic heterocycles. The van der Waals surface area contributed by atoms with E-state index in [2.05, 4.69) is 27.7 Å². The summed E-state index contributed by atoms with van der Waals surface area (Å²) in [5.41, 5.74) is 4.03. The van der Waals surface area contributed by atoms with Gasteiger partial charge in [0.05, 0.1) is 0 Å². The molecule has 3 N–H and O–H groups in total. The van der Waals surface area contributed by atoms with E-state index in [0.29, 0.717) is 31.8 Å². The number of nitrogens with one attached hydrogen (secondary N) is 2. The summed E-state index contributed by atoms with van der Waals surface area (Å²) >= 11 is 0. The number of carbonyl (C=O) groups excluding carboxylic acids is 1. The van der Waals surface area contributed by atoms with Gasteiger partial charge in [-0.1, -0.05) is 12.1 Å². The number of aryl methyl sites for hydroxylation is 3. The van der Waals surface area contributed by atoms with Crippen molar-refractivity contribution >= 4 is 17.9 Å². The number of hydrogen-bond acceptors (Lipinski definition) is 6. The Labute approximate surface area is 223 Å². The summed E-state index contributed by atoms with van der Waals surface area (Å²) in [4.78, 5) is 31.5. The lowest BCUT2D eigenvalue weighted by Gasteiger charge is -2.24. The predicted octanol–water partition coefficient (Wildman–Crippen LogP) is 4.62. The number of aliphatic carboxylic acids is 1. The van der Waals surface area contributed by atoms with Crippen LogP contribution in [0.5, 0.6) is 0 Å². The Morgan fingerprint density at radius 3 is 2.82 bits per heavy atom. The second kappa shape index (κ2) is 12.1.